The largest absolute Gasteiger partial charge is 0.312 e. The molecule has 0 bridgehead atoms. The van der Waals surface area contributed by atoms with Gasteiger partial charge in [0.05, 0.1) is 9.95 Å². The maximum absolute atomic E-state index is 10.9. The summed E-state index contributed by atoms with van der Waals surface area (Å²) in [5.41, 5.74) is 3.42. The van der Waals surface area contributed by atoms with E-state index in [0.29, 0.717) is 10.7 Å². The second-order valence-corrected chi connectivity index (χ2v) is 4.70. The number of anilines is 1. The number of nitro benzene ring substituents is 1. The van der Waals surface area contributed by atoms with Gasteiger partial charge in [-0.15, -0.1) is 0 Å². The van der Waals surface area contributed by atoms with E-state index in [-0.39, 0.29) is 5.69 Å². The molecule has 0 spiro atoms. The number of nitrogens with one attached hydrogen (secondary N) is 1. The Morgan fingerprint density at radius 2 is 2.00 bits per heavy atom. The minimum Gasteiger partial charge on any atom is -0.312 e. The lowest BCUT2D eigenvalue weighted by Gasteiger charge is -2.33. The first-order valence-corrected chi connectivity index (χ1v) is 6.09. The van der Waals surface area contributed by atoms with Gasteiger partial charge in [-0.3, -0.25) is 10.1 Å². The molecule has 0 unspecified atom stereocenters. The molecule has 1 aliphatic rings. The van der Waals surface area contributed by atoms with Gasteiger partial charge in [-0.2, -0.15) is 0 Å². The highest BCUT2D eigenvalue weighted by molar-refractivity contribution is 6.33. The molecule has 1 aliphatic heterocycles. The molecule has 0 atom stereocenters. The minimum absolute atomic E-state index is 0.00132. The number of hydrogen-bond acceptors (Lipinski definition) is 5. The second kappa shape index (κ2) is 5.51. The van der Waals surface area contributed by atoms with Crippen LogP contribution in [0.4, 0.5) is 11.4 Å². The molecule has 2 rings (SSSR count). The molecule has 0 amide bonds. The zero-order chi connectivity index (χ0) is 13.1. The first-order valence-electron chi connectivity index (χ1n) is 5.71. The lowest BCUT2D eigenvalue weighted by molar-refractivity contribution is -0.384. The van der Waals surface area contributed by atoms with Crippen LogP contribution in [0.25, 0.3) is 0 Å². The van der Waals surface area contributed by atoms with Crippen LogP contribution in [0, 0.1) is 10.1 Å². The lowest BCUT2D eigenvalue weighted by atomic mass is 10.2. The Morgan fingerprint density at radius 1 is 1.33 bits per heavy atom. The maximum atomic E-state index is 10.9. The molecular weight excluding hydrogens is 256 g/mol. The number of nitrogens with zero attached hydrogens (tertiary/aromatic N) is 3. The molecule has 0 saturated carbocycles. The van der Waals surface area contributed by atoms with E-state index in [0.717, 1.165) is 26.2 Å². The molecule has 98 valence electrons. The van der Waals surface area contributed by atoms with Crippen molar-refractivity contribution in [2.24, 2.45) is 0 Å². The van der Waals surface area contributed by atoms with E-state index in [9.17, 15) is 10.1 Å². The number of piperazine rings is 1. The summed E-state index contributed by atoms with van der Waals surface area (Å²) in [5.74, 6) is 0. The maximum Gasteiger partial charge on any atom is 0.295 e. The summed E-state index contributed by atoms with van der Waals surface area (Å²) in [6.45, 7) is 3.45. The van der Waals surface area contributed by atoms with Gasteiger partial charge in [0.15, 0.2) is 0 Å². The first kappa shape index (κ1) is 13.1. The summed E-state index contributed by atoms with van der Waals surface area (Å²) in [7, 11) is 2.05. The van der Waals surface area contributed by atoms with Gasteiger partial charge in [0, 0.05) is 32.2 Å². The number of likely N-dealkylation sites (N-methyl/N-ethyl adjacent to an activating group) is 1. The van der Waals surface area contributed by atoms with Crippen LogP contribution in [0.3, 0.4) is 0 Å². The predicted octanol–water partition coefficient (Wildman–Crippen LogP) is 1.82. The Morgan fingerprint density at radius 3 is 2.61 bits per heavy atom. The zero-order valence-electron chi connectivity index (χ0n) is 10.1. The molecule has 1 fully saturated rings. The van der Waals surface area contributed by atoms with E-state index in [1.165, 1.54) is 6.07 Å². The highest BCUT2D eigenvalue weighted by Crippen LogP contribution is 2.32. The second-order valence-electron chi connectivity index (χ2n) is 4.29. The fraction of sp³-hybridized carbons (Fsp3) is 0.455. The van der Waals surface area contributed by atoms with Crippen LogP contribution in [-0.4, -0.2) is 48.1 Å². The van der Waals surface area contributed by atoms with E-state index in [1.54, 1.807) is 12.1 Å². The van der Waals surface area contributed by atoms with Crippen LogP contribution in [0.5, 0.6) is 0 Å². The highest BCUT2D eigenvalue weighted by Gasteiger charge is 2.20. The van der Waals surface area contributed by atoms with E-state index in [1.807, 2.05) is 5.01 Å². The molecule has 1 aromatic carbocycles. The van der Waals surface area contributed by atoms with Crippen LogP contribution in [-0.2, 0) is 0 Å². The van der Waals surface area contributed by atoms with Crippen molar-refractivity contribution >= 4 is 23.0 Å². The molecule has 1 N–H and O–H groups in total. The third-order valence-corrected chi connectivity index (χ3v) is 3.28. The Balaban J connectivity index is 2.15. The number of rotatable bonds is 3. The Kier molecular flexibility index (Phi) is 4.00. The monoisotopic (exact) mass is 270 g/mol. The van der Waals surface area contributed by atoms with Gasteiger partial charge < -0.3 is 10.3 Å². The normalized spacial score (nSPS) is 17.7. The van der Waals surface area contributed by atoms with Crippen LogP contribution in [0.15, 0.2) is 18.2 Å². The third kappa shape index (κ3) is 2.90. The fourth-order valence-corrected chi connectivity index (χ4v) is 2.06. The number of para-hydroxylation sites is 1. The molecule has 0 aliphatic carbocycles. The summed E-state index contributed by atoms with van der Waals surface area (Å²) < 4.78 is 0. The first-order chi connectivity index (χ1) is 8.58. The molecule has 1 aromatic rings. The summed E-state index contributed by atoms with van der Waals surface area (Å²) in [6, 6.07) is 4.67. The fourth-order valence-electron chi connectivity index (χ4n) is 1.85. The van der Waals surface area contributed by atoms with Gasteiger partial charge in [-0.25, -0.2) is 5.01 Å². The number of hydrogen-bond donors (Lipinski definition) is 1. The van der Waals surface area contributed by atoms with E-state index < -0.39 is 4.92 Å². The molecular formula is C11H15ClN4O2. The lowest BCUT2D eigenvalue weighted by Crippen LogP contribution is -2.47. The van der Waals surface area contributed by atoms with Crippen molar-refractivity contribution < 1.29 is 4.92 Å². The van der Waals surface area contributed by atoms with E-state index in [4.69, 9.17) is 11.6 Å². The molecule has 7 heteroatoms. The van der Waals surface area contributed by atoms with Crippen molar-refractivity contribution in [3.63, 3.8) is 0 Å². The Labute approximate surface area is 110 Å². The van der Waals surface area contributed by atoms with Crippen LogP contribution in [0.1, 0.15) is 0 Å². The molecule has 1 saturated heterocycles. The van der Waals surface area contributed by atoms with Gasteiger partial charge in [-0.05, 0) is 13.1 Å². The van der Waals surface area contributed by atoms with Gasteiger partial charge in [0.2, 0.25) is 0 Å². The van der Waals surface area contributed by atoms with Crippen molar-refractivity contribution in [2.75, 3.05) is 38.7 Å². The van der Waals surface area contributed by atoms with Crippen molar-refractivity contribution in [1.29, 1.82) is 0 Å². The van der Waals surface area contributed by atoms with Gasteiger partial charge in [-0.1, -0.05) is 17.7 Å². The van der Waals surface area contributed by atoms with E-state index >= 15 is 0 Å². The average Bonchev–Trinajstić information content (AvgIpc) is 2.34. The van der Waals surface area contributed by atoms with E-state index in [2.05, 4.69) is 17.4 Å². The molecule has 0 aromatic heterocycles. The zero-order valence-corrected chi connectivity index (χ0v) is 10.9. The van der Waals surface area contributed by atoms with Crippen molar-refractivity contribution in [2.45, 2.75) is 0 Å². The molecule has 0 radical (unpaired) electrons. The number of hydrazine groups is 1. The highest BCUT2D eigenvalue weighted by atomic mass is 35.5. The third-order valence-electron chi connectivity index (χ3n) is 2.96. The van der Waals surface area contributed by atoms with Crippen LogP contribution < -0.4 is 5.43 Å². The molecule has 1 heterocycles. The number of nitro groups is 1. The van der Waals surface area contributed by atoms with Crippen molar-refractivity contribution in [3.8, 4) is 0 Å². The standard InChI is InChI=1S/C11H15ClN4O2/c1-14-5-7-15(8-6-14)13-11-9(12)3-2-4-10(11)16(17)18/h2-4,13H,5-8H2,1H3. The SMILES string of the molecule is CN1CCN(Nc2c(Cl)cccc2[N+](=O)[O-])CC1. The van der Waals surface area contributed by atoms with Gasteiger partial charge in [0.1, 0.15) is 5.69 Å². The van der Waals surface area contributed by atoms with Gasteiger partial charge >= 0.3 is 0 Å². The van der Waals surface area contributed by atoms with Crippen LogP contribution >= 0.6 is 11.6 Å². The average molecular weight is 271 g/mol. The quantitative estimate of drug-likeness (QED) is 0.671. The summed E-state index contributed by atoms with van der Waals surface area (Å²) in [5, 5.41) is 13.3. The Hall–Kier alpha value is -1.37. The summed E-state index contributed by atoms with van der Waals surface area (Å²) >= 11 is 6.02. The van der Waals surface area contributed by atoms with Crippen LogP contribution in [0.2, 0.25) is 5.02 Å². The summed E-state index contributed by atoms with van der Waals surface area (Å²) in [4.78, 5) is 12.7. The predicted molar refractivity (Wildman–Crippen MR) is 70.8 cm³/mol. The summed E-state index contributed by atoms with van der Waals surface area (Å²) in [6.07, 6.45) is 0. The Bertz CT molecular complexity index is 447. The van der Waals surface area contributed by atoms with Crippen molar-refractivity contribution in [1.82, 2.24) is 9.91 Å². The topological polar surface area (TPSA) is 61.6 Å². The van der Waals surface area contributed by atoms with Gasteiger partial charge in [0.25, 0.3) is 5.69 Å². The van der Waals surface area contributed by atoms with Crippen molar-refractivity contribution in [3.05, 3.63) is 33.3 Å². The number of benzene rings is 1. The smallest absolute Gasteiger partial charge is 0.295 e. The number of halogens is 1. The molecule has 6 nitrogen and oxygen atoms in total. The molecule has 18 heavy (non-hydrogen) atoms. The minimum atomic E-state index is -0.426.